The third-order valence-corrected chi connectivity index (χ3v) is 11.5. The minimum atomic E-state index is -1.61. The van der Waals surface area contributed by atoms with Gasteiger partial charge in [-0.25, -0.2) is 0 Å². The Hall–Kier alpha value is -0.441. The molecule has 2 aliphatic rings. The Kier molecular flexibility index (Phi) is 2.54. The van der Waals surface area contributed by atoms with Gasteiger partial charge in [0, 0.05) is 0 Å². The van der Waals surface area contributed by atoms with Crippen LogP contribution in [0.15, 0.2) is 41.6 Å². The first kappa shape index (κ1) is 10.7. The molecule has 16 heavy (non-hydrogen) atoms. The molecule has 2 heteroatoms. The monoisotopic (exact) mass is 321 g/mol. The van der Waals surface area contributed by atoms with Crippen LogP contribution in [0.1, 0.15) is 18.0 Å². The molecule has 0 spiro atoms. The summed E-state index contributed by atoms with van der Waals surface area (Å²) in [4.78, 5) is 5.15. The molecule has 0 aliphatic carbocycles. The molecule has 0 aromatic heterocycles. The zero-order valence-electron chi connectivity index (χ0n) is 10.1. The van der Waals surface area contributed by atoms with E-state index in [0.717, 1.165) is 0 Å². The first-order chi connectivity index (χ1) is 7.64. The van der Waals surface area contributed by atoms with Gasteiger partial charge in [0.15, 0.2) is 0 Å². The van der Waals surface area contributed by atoms with Crippen molar-refractivity contribution in [3.63, 3.8) is 0 Å². The van der Waals surface area contributed by atoms with E-state index in [-0.39, 0.29) is 0 Å². The van der Waals surface area contributed by atoms with E-state index in [1.807, 2.05) is 0 Å². The average molecular weight is 320 g/mol. The van der Waals surface area contributed by atoms with Crippen LogP contribution in [0.2, 0.25) is 18.8 Å². The maximum absolute atomic E-state index is 3.76. The van der Waals surface area contributed by atoms with Crippen molar-refractivity contribution in [3.05, 3.63) is 47.2 Å². The van der Waals surface area contributed by atoms with E-state index >= 15 is 0 Å². The molecule has 0 saturated heterocycles. The van der Waals surface area contributed by atoms with E-state index in [9.17, 15) is 0 Å². The Morgan fingerprint density at radius 1 is 1.12 bits per heavy atom. The van der Waals surface area contributed by atoms with Gasteiger partial charge < -0.3 is 0 Å². The summed E-state index contributed by atoms with van der Waals surface area (Å²) >= 11 is -1.61. The van der Waals surface area contributed by atoms with Crippen molar-refractivity contribution in [2.75, 3.05) is 0 Å². The molecule has 1 N–H and O–H groups in total. The number of rotatable bonds is 1. The van der Waals surface area contributed by atoms with E-state index in [0.29, 0.717) is 6.04 Å². The van der Waals surface area contributed by atoms with Crippen molar-refractivity contribution in [1.29, 1.82) is 0 Å². The van der Waals surface area contributed by atoms with Crippen LogP contribution in [-0.2, 0) is 0 Å². The van der Waals surface area contributed by atoms with Crippen molar-refractivity contribution in [2.45, 2.75) is 31.2 Å². The van der Waals surface area contributed by atoms with Crippen molar-refractivity contribution in [3.8, 4) is 0 Å². The van der Waals surface area contributed by atoms with Crippen LogP contribution < -0.4 is 5.32 Å². The van der Waals surface area contributed by atoms with Crippen LogP contribution in [0.3, 0.4) is 0 Å². The molecule has 3 rings (SSSR count). The number of nitrogens with one attached hydrogen (secondary N) is 1. The second kappa shape index (κ2) is 3.79. The fourth-order valence-electron chi connectivity index (χ4n) is 3.09. The molecule has 0 fully saturated rings. The standard InChI is InChI=1S/C12H13N.2CH3.Sn/c1-9-8-12(13-10(9)2)11-6-4-3-5-7-11;;;/h3-7,12-13H,1-2,8H2;2*1H3;. The van der Waals surface area contributed by atoms with Gasteiger partial charge in [0.1, 0.15) is 0 Å². The van der Waals surface area contributed by atoms with Gasteiger partial charge in [-0.3, -0.25) is 0 Å². The Bertz CT molecular complexity index is 413. The molecule has 2 heterocycles. The summed E-state index contributed by atoms with van der Waals surface area (Å²) in [5, 5.41) is 3.76. The number of benzene rings is 1. The summed E-state index contributed by atoms with van der Waals surface area (Å²) in [7, 11) is 0. The van der Waals surface area contributed by atoms with E-state index < -0.39 is 18.4 Å². The second-order valence-electron chi connectivity index (χ2n) is 5.91. The molecule has 84 valence electrons. The predicted molar refractivity (Wildman–Crippen MR) is 71.1 cm³/mol. The molecular weight excluding hydrogens is 301 g/mol. The predicted octanol–water partition coefficient (Wildman–Crippen LogP) is 3.70. The summed E-state index contributed by atoms with van der Waals surface area (Å²) < 4.78 is 2.92. The summed E-state index contributed by atoms with van der Waals surface area (Å²) in [6.07, 6.45) is 1.26. The zero-order chi connectivity index (χ0) is 11.2. The molecule has 1 nitrogen and oxygen atoms in total. The minimum absolute atomic E-state index is 0.564. The van der Waals surface area contributed by atoms with Crippen molar-refractivity contribution in [2.24, 2.45) is 0 Å². The Labute approximate surface area is 102 Å². The molecule has 1 atom stereocenters. The van der Waals surface area contributed by atoms with Crippen LogP contribution in [-0.4, -0.2) is 18.4 Å². The first-order valence-corrected chi connectivity index (χ1v) is 15.9. The quantitative estimate of drug-likeness (QED) is 0.778. The molecule has 0 bridgehead atoms. The van der Waals surface area contributed by atoms with Gasteiger partial charge in [-0.15, -0.1) is 0 Å². The molecule has 1 aromatic carbocycles. The van der Waals surface area contributed by atoms with Gasteiger partial charge in [-0.05, 0) is 0 Å². The van der Waals surface area contributed by atoms with Gasteiger partial charge in [0.05, 0.1) is 0 Å². The fourth-order valence-corrected chi connectivity index (χ4v) is 11.5. The summed E-state index contributed by atoms with van der Waals surface area (Å²) in [6, 6.07) is 11.4. The SMILES string of the molecule is [CH3][Sn]1([CH3])[CH2]C2=C([CH2]1)NC(c1ccccc1)C2. The molecule has 2 aliphatic heterocycles. The summed E-state index contributed by atoms with van der Waals surface area (Å²) in [5.74, 6) is 0. The van der Waals surface area contributed by atoms with Gasteiger partial charge >= 0.3 is 102 Å². The van der Waals surface area contributed by atoms with Crippen LogP contribution in [0.4, 0.5) is 0 Å². The van der Waals surface area contributed by atoms with Crippen molar-refractivity contribution < 1.29 is 0 Å². The molecule has 1 unspecified atom stereocenters. The molecule has 0 amide bonds. The van der Waals surface area contributed by atoms with E-state index in [1.165, 1.54) is 20.9 Å². The average Bonchev–Trinajstić information content (AvgIpc) is 2.72. The number of hydrogen-bond donors (Lipinski definition) is 1. The first-order valence-electron chi connectivity index (χ1n) is 6.16. The molecular formula is C14H19NSn. The number of hydrogen-bond acceptors (Lipinski definition) is 1. The van der Waals surface area contributed by atoms with Crippen LogP contribution in [0.5, 0.6) is 0 Å². The molecule has 1 aromatic rings. The molecule has 0 radical (unpaired) electrons. The van der Waals surface area contributed by atoms with E-state index in [2.05, 4.69) is 45.5 Å². The third-order valence-electron chi connectivity index (χ3n) is 3.77. The van der Waals surface area contributed by atoms with Crippen LogP contribution in [0, 0.1) is 0 Å². The second-order valence-corrected chi connectivity index (χ2v) is 20.3. The third kappa shape index (κ3) is 1.90. The van der Waals surface area contributed by atoms with Crippen molar-refractivity contribution >= 4 is 18.4 Å². The Balaban J connectivity index is 1.75. The van der Waals surface area contributed by atoms with E-state index in [4.69, 9.17) is 0 Å². The molecule has 0 saturated carbocycles. The van der Waals surface area contributed by atoms with Crippen molar-refractivity contribution in [1.82, 2.24) is 5.32 Å². The summed E-state index contributed by atoms with van der Waals surface area (Å²) in [5.41, 5.74) is 4.83. The van der Waals surface area contributed by atoms with Gasteiger partial charge in [-0.1, -0.05) is 0 Å². The van der Waals surface area contributed by atoms with E-state index in [1.54, 1.807) is 11.3 Å². The van der Waals surface area contributed by atoms with Gasteiger partial charge in [0.2, 0.25) is 0 Å². The fraction of sp³-hybridized carbons (Fsp3) is 0.429. The van der Waals surface area contributed by atoms with Crippen LogP contribution >= 0.6 is 0 Å². The van der Waals surface area contributed by atoms with Gasteiger partial charge in [0.25, 0.3) is 0 Å². The maximum atomic E-state index is 3.76. The number of allylic oxidation sites excluding steroid dienone is 1. The zero-order valence-corrected chi connectivity index (χ0v) is 12.9. The normalized spacial score (nSPS) is 26.8. The van der Waals surface area contributed by atoms with Gasteiger partial charge in [-0.2, -0.15) is 0 Å². The summed E-state index contributed by atoms with van der Waals surface area (Å²) in [6.45, 7) is 0. The Morgan fingerprint density at radius 3 is 2.56 bits per heavy atom. The van der Waals surface area contributed by atoms with Crippen LogP contribution in [0.25, 0.3) is 0 Å². The Morgan fingerprint density at radius 2 is 1.88 bits per heavy atom. The topological polar surface area (TPSA) is 12.0 Å².